The molecular weight excluding hydrogens is 217 g/mol. The Morgan fingerprint density at radius 3 is 2.38 bits per heavy atom. The molecule has 0 amide bonds. The SMILES string of the molecule is C=CCNC(C#N)c1cc(F)c(F)c(F)c1. The molecule has 0 fully saturated rings. The van der Waals surface area contributed by atoms with Crippen LogP contribution in [0.25, 0.3) is 0 Å². The Labute approximate surface area is 91.0 Å². The van der Waals surface area contributed by atoms with Gasteiger partial charge >= 0.3 is 0 Å². The van der Waals surface area contributed by atoms with Crippen LogP contribution in [0, 0.1) is 28.8 Å². The maximum Gasteiger partial charge on any atom is 0.194 e. The Hall–Kier alpha value is -1.80. The summed E-state index contributed by atoms with van der Waals surface area (Å²) in [6.45, 7) is 3.73. The third kappa shape index (κ3) is 2.61. The fraction of sp³-hybridized carbons (Fsp3) is 0.182. The van der Waals surface area contributed by atoms with Gasteiger partial charge in [-0.15, -0.1) is 6.58 Å². The predicted octanol–water partition coefficient (Wildman–Crippen LogP) is 2.44. The van der Waals surface area contributed by atoms with Crippen molar-refractivity contribution in [3.8, 4) is 6.07 Å². The zero-order valence-electron chi connectivity index (χ0n) is 8.30. The summed E-state index contributed by atoms with van der Waals surface area (Å²) < 4.78 is 38.4. The van der Waals surface area contributed by atoms with Crippen LogP contribution in [0.1, 0.15) is 11.6 Å². The van der Waals surface area contributed by atoms with Gasteiger partial charge in [-0.05, 0) is 17.7 Å². The quantitative estimate of drug-likeness (QED) is 0.632. The molecule has 0 bridgehead atoms. The molecule has 0 radical (unpaired) electrons. The second-order valence-electron chi connectivity index (χ2n) is 3.06. The van der Waals surface area contributed by atoms with Crippen LogP contribution >= 0.6 is 0 Å². The standard InChI is InChI=1S/C11H9F3N2/c1-2-3-16-10(6-15)7-4-8(12)11(14)9(13)5-7/h2,4-5,10,16H,1,3H2. The minimum Gasteiger partial charge on any atom is -0.295 e. The number of nitriles is 1. The Bertz CT molecular complexity index is 414. The number of hydrogen-bond acceptors (Lipinski definition) is 2. The fourth-order valence-electron chi connectivity index (χ4n) is 1.18. The second kappa shape index (κ2) is 5.33. The molecule has 1 aromatic carbocycles. The van der Waals surface area contributed by atoms with Crippen molar-refractivity contribution in [1.82, 2.24) is 5.32 Å². The van der Waals surface area contributed by atoms with Crippen molar-refractivity contribution in [3.05, 3.63) is 47.8 Å². The van der Waals surface area contributed by atoms with Gasteiger partial charge in [0.25, 0.3) is 0 Å². The molecule has 0 heterocycles. The lowest BCUT2D eigenvalue weighted by Crippen LogP contribution is -2.20. The lowest BCUT2D eigenvalue weighted by molar-refractivity contribution is 0.443. The van der Waals surface area contributed by atoms with Crippen LogP contribution in [0.15, 0.2) is 24.8 Å². The van der Waals surface area contributed by atoms with Crippen molar-refractivity contribution in [1.29, 1.82) is 5.26 Å². The lowest BCUT2D eigenvalue weighted by atomic mass is 10.1. The summed E-state index contributed by atoms with van der Waals surface area (Å²) in [6.07, 6.45) is 1.50. The smallest absolute Gasteiger partial charge is 0.194 e. The van der Waals surface area contributed by atoms with Gasteiger partial charge in [0.15, 0.2) is 17.5 Å². The number of benzene rings is 1. The van der Waals surface area contributed by atoms with Crippen LogP contribution in [-0.2, 0) is 0 Å². The molecule has 1 N–H and O–H groups in total. The van der Waals surface area contributed by atoms with Crippen LogP contribution in [0.4, 0.5) is 13.2 Å². The van der Waals surface area contributed by atoms with Gasteiger partial charge in [0, 0.05) is 6.54 Å². The first-order valence-corrected chi connectivity index (χ1v) is 4.48. The van der Waals surface area contributed by atoms with E-state index >= 15 is 0 Å². The molecule has 2 nitrogen and oxygen atoms in total. The number of nitrogens with one attached hydrogen (secondary N) is 1. The highest BCUT2D eigenvalue weighted by Gasteiger charge is 2.16. The van der Waals surface area contributed by atoms with E-state index in [1.807, 2.05) is 6.07 Å². The number of rotatable bonds is 4. The molecule has 84 valence electrons. The van der Waals surface area contributed by atoms with E-state index in [2.05, 4.69) is 11.9 Å². The Kier molecular flexibility index (Phi) is 4.09. The van der Waals surface area contributed by atoms with Gasteiger partial charge in [-0.25, -0.2) is 13.2 Å². The molecule has 1 unspecified atom stereocenters. The van der Waals surface area contributed by atoms with Gasteiger partial charge in [-0.3, -0.25) is 5.32 Å². The molecule has 0 saturated heterocycles. The number of halogens is 3. The molecule has 0 aliphatic carbocycles. The average Bonchev–Trinajstić information content (AvgIpc) is 2.26. The van der Waals surface area contributed by atoms with Crippen LogP contribution in [0.2, 0.25) is 0 Å². The van der Waals surface area contributed by atoms with Crippen LogP contribution in [-0.4, -0.2) is 6.54 Å². The first-order valence-electron chi connectivity index (χ1n) is 4.48. The summed E-state index contributed by atoms with van der Waals surface area (Å²) >= 11 is 0. The van der Waals surface area contributed by atoms with E-state index in [1.54, 1.807) is 0 Å². The third-order valence-electron chi connectivity index (χ3n) is 1.93. The van der Waals surface area contributed by atoms with Crippen molar-refractivity contribution in [2.24, 2.45) is 0 Å². The second-order valence-corrected chi connectivity index (χ2v) is 3.06. The summed E-state index contributed by atoms with van der Waals surface area (Å²) in [7, 11) is 0. The van der Waals surface area contributed by atoms with E-state index in [1.165, 1.54) is 6.08 Å². The molecule has 0 aromatic heterocycles. The molecule has 1 aromatic rings. The maximum atomic E-state index is 12.9. The molecule has 0 aliphatic heterocycles. The van der Waals surface area contributed by atoms with Gasteiger partial charge in [-0.2, -0.15) is 5.26 Å². The normalized spacial score (nSPS) is 11.9. The molecule has 0 saturated carbocycles. The highest BCUT2D eigenvalue weighted by Crippen LogP contribution is 2.18. The van der Waals surface area contributed by atoms with Crippen molar-refractivity contribution in [2.75, 3.05) is 6.54 Å². The molecule has 1 rings (SSSR count). The van der Waals surface area contributed by atoms with Crippen LogP contribution in [0.5, 0.6) is 0 Å². The molecule has 0 spiro atoms. The zero-order valence-corrected chi connectivity index (χ0v) is 8.30. The van der Waals surface area contributed by atoms with E-state index in [0.29, 0.717) is 6.54 Å². The summed E-state index contributed by atoms with van der Waals surface area (Å²) in [5, 5.41) is 11.4. The Morgan fingerprint density at radius 2 is 1.94 bits per heavy atom. The largest absolute Gasteiger partial charge is 0.295 e. The van der Waals surface area contributed by atoms with Gasteiger partial charge in [0.1, 0.15) is 6.04 Å². The van der Waals surface area contributed by atoms with E-state index < -0.39 is 23.5 Å². The van der Waals surface area contributed by atoms with Crippen molar-refractivity contribution in [2.45, 2.75) is 6.04 Å². The van der Waals surface area contributed by atoms with Crippen molar-refractivity contribution < 1.29 is 13.2 Å². The van der Waals surface area contributed by atoms with Crippen molar-refractivity contribution >= 4 is 0 Å². The summed E-state index contributed by atoms with van der Waals surface area (Å²) in [4.78, 5) is 0. The van der Waals surface area contributed by atoms with Crippen molar-refractivity contribution in [3.63, 3.8) is 0 Å². The molecule has 0 aliphatic rings. The molecular formula is C11H9F3N2. The van der Waals surface area contributed by atoms with E-state index in [4.69, 9.17) is 5.26 Å². The average molecular weight is 226 g/mol. The van der Waals surface area contributed by atoms with Crippen LogP contribution in [0.3, 0.4) is 0 Å². The summed E-state index contributed by atoms with van der Waals surface area (Å²) in [5.41, 5.74) is 0.0424. The minimum atomic E-state index is -1.54. The topological polar surface area (TPSA) is 35.8 Å². The van der Waals surface area contributed by atoms with E-state index in [-0.39, 0.29) is 5.56 Å². The van der Waals surface area contributed by atoms with Gasteiger partial charge in [-0.1, -0.05) is 6.08 Å². The molecule has 16 heavy (non-hydrogen) atoms. The molecule has 5 heteroatoms. The zero-order chi connectivity index (χ0) is 12.1. The van der Waals surface area contributed by atoms with E-state index in [9.17, 15) is 13.2 Å². The number of hydrogen-bond donors (Lipinski definition) is 1. The first kappa shape index (κ1) is 12.3. The third-order valence-corrected chi connectivity index (χ3v) is 1.93. The number of nitrogens with zero attached hydrogens (tertiary/aromatic N) is 1. The summed E-state index contributed by atoms with van der Waals surface area (Å²) in [5.74, 6) is -4.16. The molecule has 1 atom stereocenters. The Morgan fingerprint density at radius 1 is 1.38 bits per heavy atom. The lowest BCUT2D eigenvalue weighted by Gasteiger charge is -2.10. The van der Waals surface area contributed by atoms with Gasteiger partial charge < -0.3 is 0 Å². The highest BCUT2D eigenvalue weighted by atomic mass is 19.2. The highest BCUT2D eigenvalue weighted by molar-refractivity contribution is 5.26. The monoisotopic (exact) mass is 226 g/mol. The minimum absolute atomic E-state index is 0.0424. The van der Waals surface area contributed by atoms with E-state index in [0.717, 1.165) is 12.1 Å². The maximum absolute atomic E-state index is 12.9. The fourth-order valence-corrected chi connectivity index (χ4v) is 1.18. The van der Waals surface area contributed by atoms with Gasteiger partial charge in [0.2, 0.25) is 0 Å². The Balaban J connectivity index is 3.02. The first-order chi connectivity index (χ1) is 7.60. The van der Waals surface area contributed by atoms with Gasteiger partial charge in [0.05, 0.1) is 6.07 Å². The van der Waals surface area contributed by atoms with Crippen LogP contribution < -0.4 is 5.32 Å². The predicted molar refractivity (Wildman–Crippen MR) is 52.9 cm³/mol. The summed E-state index contributed by atoms with van der Waals surface area (Å²) in [6, 6.07) is 2.50.